The number of aromatic nitrogens is 1. The van der Waals surface area contributed by atoms with Crippen LogP contribution in [0.5, 0.6) is 5.88 Å². The Balaban J connectivity index is 1.98. The van der Waals surface area contributed by atoms with Gasteiger partial charge in [-0.15, -0.1) is 0 Å². The third-order valence-corrected chi connectivity index (χ3v) is 3.48. The first-order valence-electron chi connectivity index (χ1n) is 6.81. The Labute approximate surface area is 117 Å². The number of carbonyl (C=O) groups excluding carboxylic acids is 1. The third-order valence-electron chi connectivity index (χ3n) is 3.48. The van der Waals surface area contributed by atoms with Crippen LogP contribution in [0.3, 0.4) is 0 Å². The summed E-state index contributed by atoms with van der Waals surface area (Å²) in [5.74, 6) is -0.174. The van der Waals surface area contributed by atoms with Crippen molar-refractivity contribution in [2.45, 2.75) is 18.9 Å². The van der Waals surface area contributed by atoms with Crippen molar-refractivity contribution < 1.29 is 9.53 Å². The number of amides is 1. The molecule has 2 heterocycles. The number of nitrogens with one attached hydrogen (secondary N) is 1. The number of rotatable bonds is 3. The lowest BCUT2D eigenvalue weighted by Crippen LogP contribution is -2.37. The highest BCUT2D eigenvalue weighted by molar-refractivity contribution is 5.98. The zero-order chi connectivity index (χ0) is 13.9. The molecule has 0 aliphatic carbocycles. The molecular formula is C15H17N3O2. The largest absolute Gasteiger partial charge is 0.472 e. The molecule has 1 aromatic heterocycles. The van der Waals surface area contributed by atoms with E-state index in [4.69, 9.17) is 10.5 Å². The quantitative estimate of drug-likeness (QED) is 0.886. The fraction of sp³-hybridized carbons (Fsp3) is 0.333. The molecule has 3 N–H and O–H groups in total. The Morgan fingerprint density at radius 3 is 3.00 bits per heavy atom. The summed E-state index contributed by atoms with van der Waals surface area (Å²) in [6.45, 7) is 1.78. The second kappa shape index (κ2) is 5.46. The van der Waals surface area contributed by atoms with E-state index in [-0.39, 0.29) is 6.10 Å². The van der Waals surface area contributed by atoms with Gasteiger partial charge in [0.25, 0.3) is 5.91 Å². The highest BCUT2D eigenvalue weighted by atomic mass is 16.5. The number of primary amides is 1. The second-order valence-electron chi connectivity index (χ2n) is 4.98. The normalized spacial score (nSPS) is 18.9. The number of nitrogens with two attached hydrogens (primary N) is 1. The molecule has 1 aliphatic rings. The first-order chi connectivity index (χ1) is 9.74. The van der Waals surface area contributed by atoms with Crippen LogP contribution in [0.4, 0.5) is 0 Å². The fourth-order valence-electron chi connectivity index (χ4n) is 2.44. The van der Waals surface area contributed by atoms with E-state index < -0.39 is 5.91 Å². The number of ether oxygens (including phenoxy) is 1. The Morgan fingerprint density at radius 2 is 2.25 bits per heavy atom. The first kappa shape index (κ1) is 12.9. The van der Waals surface area contributed by atoms with Crippen molar-refractivity contribution in [1.82, 2.24) is 10.3 Å². The van der Waals surface area contributed by atoms with E-state index in [2.05, 4.69) is 10.3 Å². The van der Waals surface area contributed by atoms with Crippen LogP contribution in [0.15, 0.2) is 30.3 Å². The van der Waals surface area contributed by atoms with Crippen LogP contribution in [0.25, 0.3) is 10.9 Å². The minimum absolute atomic E-state index is 0.0375. The number of pyridine rings is 1. The van der Waals surface area contributed by atoms with Crippen molar-refractivity contribution in [1.29, 1.82) is 0 Å². The predicted molar refractivity (Wildman–Crippen MR) is 76.8 cm³/mol. The molecule has 5 heteroatoms. The van der Waals surface area contributed by atoms with Crippen molar-refractivity contribution in [3.8, 4) is 5.88 Å². The third kappa shape index (κ3) is 2.58. The predicted octanol–water partition coefficient (Wildman–Crippen LogP) is 1.46. The van der Waals surface area contributed by atoms with Gasteiger partial charge in [-0.1, -0.05) is 18.2 Å². The SMILES string of the molecule is NC(=O)c1cc2ccccc2nc1O[C@H]1CCCNC1. The summed E-state index contributed by atoms with van der Waals surface area (Å²) in [6, 6.07) is 9.36. The second-order valence-corrected chi connectivity index (χ2v) is 4.98. The van der Waals surface area contributed by atoms with Crippen LogP contribution in [0.1, 0.15) is 23.2 Å². The van der Waals surface area contributed by atoms with Gasteiger partial charge in [0.2, 0.25) is 5.88 Å². The number of carbonyl (C=O) groups is 1. The average Bonchev–Trinajstić information content (AvgIpc) is 2.47. The van der Waals surface area contributed by atoms with Crippen molar-refractivity contribution in [3.05, 3.63) is 35.9 Å². The van der Waals surface area contributed by atoms with E-state index in [1.165, 1.54) is 0 Å². The Bertz CT molecular complexity index is 636. The van der Waals surface area contributed by atoms with Gasteiger partial charge in [-0.05, 0) is 31.5 Å². The minimum Gasteiger partial charge on any atom is -0.472 e. The number of fused-ring (bicyclic) bond motifs is 1. The molecule has 0 unspecified atom stereocenters. The first-order valence-corrected chi connectivity index (χ1v) is 6.81. The standard InChI is InChI=1S/C15H17N3O2/c16-14(19)12-8-10-4-1-2-6-13(10)18-15(12)20-11-5-3-7-17-9-11/h1-2,4,6,8,11,17H,3,5,7,9H2,(H2,16,19)/t11-/m0/s1. The van der Waals surface area contributed by atoms with Crippen LogP contribution >= 0.6 is 0 Å². The van der Waals surface area contributed by atoms with Gasteiger partial charge in [0.15, 0.2) is 0 Å². The number of nitrogens with zero attached hydrogens (tertiary/aromatic N) is 1. The highest BCUT2D eigenvalue weighted by Crippen LogP contribution is 2.24. The van der Waals surface area contributed by atoms with Crippen LogP contribution in [0.2, 0.25) is 0 Å². The lowest BCUT2D eigenvalue weighted by atomic mass is 10.1. The summed E-state index contributed by atoms with van der Waals surface area (Å²) >= 11 is 0. The monoisotopic (exact) mass is 271 g/mol. The van der Waals surface area contributed by atoms with Gasteiger partial charge in [-0.3, -0.25) is 4.79 Å². The van der Waals surface area contributed by atoms with Gasteiger partial charge >= 0.3 is 0 Å². The molecule has 1 amide bonds. The Kier molecular flexibility index (Phi) is 3.52. The van der Waals surface area contributed by atoms with Crippen LogP contribution in [-0.4, -0.2) is 30.1 Å². The molecule has 1 saturated heterocycles. The van der Waals surface area contributed by atoms with Gasteiger partial charge in [-0.2, -0.15) is 0 Å². The van der Waals surface area contributed by atoms with Gasteiger partial charge in [0, 0.05) is 11.9 Å². The van der Waals surface area contributed by atoms with Crippen molar-refractivity contribution in [2.24, 2.45) is 5.73 Å². The smallest absolute Gasteiger partial charge is 0.254 e. The molecule has 1 aliphatic heterocycles. The summed E-state index contributed by atoms with van der Waals surface area (Å²) in [5.41, 5.74) is 6.58. The summed E-state index contributed by atoms with van der Waals surface area (Å²) in [7, 11) is 0. The molecule has 3 rings (SSSR count). The summed E-state index contributed by atoms with van der Waals surface area (Å²) < 4.78 is 5.88. The lowest BCUT2D eigenvalue weighted by molar-refractivity contribution is 0.0988. The molecule has 1 atom stereocenters. The molecule has 20 heavy (non-hydrogen) atoms. The van der Waals surface area contributed by atoms with E-state index in [1.807, 2.05) is 24.3 Å². The van der Waals surface area contributed by atoms with Crippen molar-refractivity contribution >= 4 is 16.8 Å². The number of hydrogen-bond acceptors (Lipinski definition) is 4. The topological polar surface area (TPSA) is 77.2 Å². The van der Waals surface area contributed by atoms with Gasteiger partial charge in [-0.25, -0.2) is 4.98 Å². The highest BCUT2D eigenvalue weighted by Gasteiger charge is 2.19. The summed E-state index contributed by atoms with van der Waals surface area (Å²) in [6.07, 6.45) is 2.06. The van der Waals surface area contributed by atoms with Crippen LogP contribution < -0.4 is 15.8 Å². The molecule has 1 fully saturated rings. The average molecular weight is 271 g/mol. The maximum Gasteiger partial charge on any atom is 0.254 e. The van der Waals surface area contributed by atoms with E-state index in [0.717, 1.165) is 36.8 Å². The zero-order valence-corrected chi connectivity index (χ0v) is 11.1. The number of piperidine rings is 1. The van der Waals surface area contributed by atoms with E-state index in [9.17, 15) is 4.79 Å². The van der Waals surface area contributed by atoms with Crippen LogP contribution in [-0.2, 0) is 0 Å². The molecule has 1 aromatic carbocycles. The molecule has 104 valence electrons. The molecule has 2 aromatic rings. The van der Waals surface area contributed by atoms with E-state index in [1.54, 1.807) is 6.07 Å². The Morgan fingerprint density at radius 1 is 1.40 bits per heavy atom. The van der Waals surface area contributed by atoms with Gasteiger partial charge in [0.1, 0.15) is 11.7 Å². The van der Waals surface area contributed by atoms with E-state index >= 15 is 0 Å². The van der Waals surface area contributed by atoms with Gasteiger partial charge < -0.3 is 15.8 Å². The molecule has 0 radical (unpaired) electrons. The molecule has 0 saturated carbocycles. The lowest BCUT2D eigenvalue weighted by Gasteiger charge is -2.24. The Hall–Kier alpha value is -2.14. The number of benzene rings is 1. The van der Waals surface area contributed by atoms with Crippen molar-refractivity contribution in [3.63, 3.8) is 0 Å². The zero-order valence-electron chi connectivity index (χ0n) is 11.1. The summed E-state index contributed by atoms with van der Waals surface area (Å²) in [5, 5.41) is 4.16. The van der Waals surface area contributed by atoms with Gasteiger partial charge in [0.05, 0.1) is 5.52 Å². The van der Waals surface area contributed by atoms with E-state index in [0.29, 0.717) is 11.4 Å². The molecular weight excluding hydrogens is 254 g/mol. The number of hydrogen-bond donors (Lipinski definition) is 2. The minimum atomic E-state index is -0.512. The van der Waals surface area contributed by atoms with Crippen molar-refractivity contribution in [2.75, 3.05) is 13.1 Å². The maximum atomic E-state index is 11.6. The van der Waals surface area contributed by atoms with Crippen LogP contribution in [0, 0.1) is 0 Å². The summed E-state index contributed by atoms with van der Waals surface area (Å²) in [4.78, 5) is 16.0. The number of para-hydroxylation sites is 1. The molecule has 0 spiro atoms. The fourth-order valence-corrected chi connectivity index (χ4v) is 2.44. The molecule has 0 bridgehead atoms. The molecule has 5 nitrogen and oxygen atoms in total. The maximum absolute atomic E-state index is 11.6.